The highest BCUT2D eigenvalue weighted by Crippen LogP contribution is 2.36. The van der Waals surface area contributed by atoms with Crippen LogP contribution in [0.2, 0.25) is 0 Å². The Morgan fingerprint density at radius 2 is 2.05 bits per heavy atom. The van der Waals surface area contributed by atoms with Crippen LogP contribution in [0.5, 0.6) is 0 Å². The Bertz CT molecular complexity index is 602. The van der Waals surface area contributed by atoms with Gasteiger partial charge in [-0.05, 0) is 53.2 Å². The zero-order valence-electron chi connectivity index (χ0n) is 10.9. The summed E-state index contributed by atoms with van der Waals surface area (Å²) >= 11 is 3.42. The number of benzene rings is 1. The Morgan fingerprint density at radius 1 is 1.26 bits per heavy atom. The Hall–Kier alpha value is -1.42. The molecule has 0 spiro atoms. The fraction of sp³-hybridized carbons (Fsp3) is 0.333. The smallest absolute Gasteiger partial charge is 0.141 e. The Labute approximate surface area is 121 Å². The zero-order chi connectivity index (χ0) is 13.4. The molecule has 1 aliphatic carbocycles. The Kier molecular flexibility index (Phi) is 3.27. The SMILES string of the molecule is Cc1nc(C2CCCc3ccccc32)nc(N)c1Br. The number of fused-ring (bicyclic) bond motifs is 1. The maximum atomic E-state index is 5.95. The van der Waals surface area contributed by atoms with Gasteiger partial charge in [-0.25, -0.2) is 9.97 Å². The van der Waals surface area contributed by atoms with Gasteiger partial charge < -0.3 is 5.73 Å². The van der Waals surface area contributed by atoms with E-state index in [1.807, 2.05) is 6.92 Å². The van der Waals surface area contributed by atoms with E-state index in [-0.39, 0.29) is 5.92 Å². The number of hydrogen-bond donors (Lipinski definition) is 1. The summed E-state index contributed by atoms with van der Waals surface area (Å²) in [5.74, 6) is 1.66. The fourth-order valence-corrected chi connectivity index (χ4v) is 2.96. The number of nitrogens with zero attached hydrogens (tertiary/aromatic N) is 2. The fourth-order valence-electron chi connectivity index (χ4n) is 2.78. The molecule has 1 heterocycles. The van der Waals surface area contributed by atoms with Crippen LogP contribution in [0.4, 0.5) is 5.82 Å². The van der Waals surface area contributed by atoms with Crippen molar-refractivity contribution < 1.29 is 0 Å². The summed E-state index contributed by atoms with van der Waals surface area (Å²) in [5, 5.41) is 0. The van der Waals surface area contributed by atoms with Gasteiger partial charge in [0, 0.05) is 5.92 Å². The predicted molar refractivity (Wildman–Crippen MR) is 80.1 cm³/mol. The van der Waals surface area contributed by atoms with Crippen molar-refractivity contribution in [2.45, 2.75) is 32.1 Å². The van der Waals surface area contributed by atoms with Crippen molar-refractivity contribution in [1.82, 2.24) is 9.97 Å². The second-order valence-corrected chi connectivity index (χ2v) is 5.80. The van der Waals surface area contributed by atoms with E-state index < -0.39 is 0 Å². The van der Waals surface area contributed by atoms with Gasteiger partial charge >= 0.3 is 0 Å². The summed E-state index contributed by atoms with van der Waals surface area (Å²) in [4.78, 5) is 9.09. The molecule has 0 amide bonds. The number of anilines is 1. The largest absolute Gasteiger partial charge is 0.383 e. The number of rotatable bonds is 1. The van der Waals surface area contributed by atoms with E-state index in [9.17, 15) is 0 Å². The first-order chi connectivity index (χ1) is 9.16. The monoisotopic (exact) mass is 317 g/mol. The lowest BCUT2D eigenvalue weighted by atomic mass is 9.82. The molecule has 0 aliphatic heterocycles. The topological polar surface area (TPSA) is 51.8 Å². The number of nitrogen functional groups attached to an aromatic ring is 1. The van der Waals surface area contributed by atoms with E-state index in [1.165, 1.54) is 17.5 Å². The first-order valence-corrected chi connectivity index (χ1v) is 7.33. The van der Waals surface area contributed by atoms with E-state index in [2.05, 4.69) is 50.2 Å². The van der Waals surface area contributed by atoms with Crippen molar-refractivity contribution in [3.8, 4) is 0 Å². The quantitative estimate of drug-likeness (QED) is 0.874. The van der Waals surface area contributed by atoms with Crippen molar-refractivity contribution in [3.63, 3.8) is 0 Å². The van der Waals surface area contributed by atoms with Gasteiger partial charge in [0.15, 0.2) is 0 Å². The van der Waals surface area contributed by atoms with Gasteiger partial charge in [-0.2, -0.15) is 0 Å². The molecule has 4 heteroatoms. The van der Waals surface area contributed by atoms with Crippen molar-refractivity contribution in [3.05, 3.63) is 51.4 Å². The molecule has 19 heavy (non-hydrogen) atoms. The van der Waals surface area contributed by atoms with Crippen molar-refractivity contribution >= 4 is 21.7 Å². The number of halogens is 1. The molecule has 2 aromatic rings. The maximum absolute atomic E-state index is 5.95. The summed E-state index contributed by atoms with van der Waals surface area (Å²) in [6.45, 7) is 1.96. The Morgan fingerprint density at radius 3 is 2.84 bits per heavy atom. The molecular weight excluding hydrogens is 302 g/mol. The minimum absolute atomic E-state index is 0.277. The van der Waals surface area contributed by atoms with Gasteiger partial charge in [-0.15, -0.1) is 0 Å². The van der Waals surface area contributed by atoms with Crippen molar-refractivity contribution in [1.29, 1.82) is 0 Å². The molecule has 1 unspecified atom stereocenters. The number of nitrogens with two attached hydrogens (primary N) is 1. The lowest BCUT2D eigenvalue weighted by Gasteiger charge is -2.24. The highest BCUT2D eigenvalue weighted by molar-refractivity contribution is 9.10. The van der Waals surface area contributed by atoms with E-state index in [1.54, 1.807) is 0 Å². The molecule has 3 nitrogen and oxygen atoms in total. The molecule has 3 rings (SSSR count). The van der Waals surface area contributed by atoms with E-state index in [4.69, 9.17) is 5.73 Å². The number of aryl methyl sites for hydroxylation is 2. The molecule has 1 aromatic carbocycles. The van der Waals surface area contributed by atoms with Crippen LogP contribution in [0.25, 0.3) is 0 Å². The summed E-state index contributed by atoms with van der Waals surface area (Å²) in [7, 11) is 0. The summed E-state index contributed by atoms with van der Waals surface area (Å²) in [6, 6.07) is 8.59. The van der Waals surface area contributed by atoms with Crippen LogP contribution in [0.3, 0.4) is 0 Å². The van der Waals surface area contributed by atoms with Crippen LogP contribution >= 0.6 is 15.9 Å². The third-order valence-electron chi connectivity index (χ3n) is 3.74. The molecular formula is C15H16BrN3. The third-order valence-corrected chi connectivity index (χ3v) is 4.72. The van der Waals surface area contributed by atoms with Crippen molar-refractivity contribution in [2.24, 2.45) is 0 Å². The van der Waals surface area contributed by atoms with E-state index >= 15 is 0 Å². The first-order valence-electron chi connectivity index (χ1n) is 6.54. The van der Waals surface area contributed by atoms with Crippen LogP contribution in [0, 0.1) is 6.92 Å². The highest BCUT2D eigenvalue weighted by atomic mass is 79.9. The van der Waals surface area contributed by atoms with Crippen LogP contribution in [0.1, 0.15) is 41.4 Å². The molecule has 0 radical (unpaired) electrons. The van der Waals surface area contributed by atoms with Gasteiger partial charge in [0.1, 0.15) is 11.6 Å². The second kappa shape index (κ2) is 4.93. The van der Waals surface area contributed by atoms with Crippen LogP contribution < -0.4 is 5.73 Å². The van der Waals surface area contributed by atoms with Gasteiger partial charge in [0.25, 0.3) is 0 Å². The summed E-state index contributed by atoms with van der Waals surface area (Å²) < 4.78 is 0.806. The normalized spacial score (nSPS) is 18.1. The molecule has 1 aromatic heterocycles. The first kappa shape index (κ1) is 12.6. The molecule has 0 bridgehead atoms. The lowest BCUT2D eigenvalue weighted by molar-refractivity contribution is 0.589. The molecule has 0 saturated carbocycles. The third kappa shape index (κ3) is 2.25. The molecule has 0 fully saturated rings. The lowest BCUT2D eigenvalue weighted by Crippen LogP contribution is -2.15. The predicted octanol–water partition coefficient (Wildman–Crippen LogP) is 3.60. The molecule has 1 aliphatic rings. The van der Waals surface area contributed by atoms with Crippen molar-refractivity contribution in [2.75, 3.05) is 5.73 Å². The van der Waals surface area contributed by atoms with Crippen LogP contribution in [-0.2, 0) is 6.42 Å². The summed E-state index contributed by atoms with van der Waals surface area (Å²) in [6.07, 6.45) is 3.43. The molecule has 1 atom stereocenters. The number of aromatic nitrogens is 2. The van der Waals surface area contributed by atoms with Gasteiger partial charge in [-0.1, -0.05) is 24.3 Å². The Balaban J connectivity index is 2.09. The minimum atomic E-state index is 0.277. The van der Waals surface area contributed by atoms with Crippen LogP contribution in [-0.4, -0.2) is 9.97 Å². The minimum Gasteiger partial charge on any atom is -0.383 e. The average molecular weight is 318 g/mol. The summed E-state index contributed by atoms with van der Waals surface area (Å²) in [5.41, 5.74) is 9.63. The molecule has 2 N–H and O–H groups in total. The van der Waals surface area contributed by atoms with Gasteiger partial charge in [0.2, 0.25) is 0 Å². The molecule has 0 saturated heterocycles. The second-order valence-electron chi connectivity index (χ2n) is 5.01. The molecule has 98 valence electrons. The standard InChI is InChI=1S/C15H16BrN3/c1-9-13(16)14(17)19-15(18-9)12-8-4-6-10-5-2-3-7-11(10)12/h2-3,5,7,12H,4,6,8H2,1H3,(H2,17,18,19). The van der Waals surface area contributed by atoms with E-state index in [0.29, 0.717) is 5.82 Å². The number of hydrogen-bond acceptors (Lipinski definition) is 3. The zero-order valence-corrected chi connectivity index (χ0v) is 12.4. The highest BCUT2D eigenvalue weighted by Gasteiger charge is 2.24. The van der Waals surface area contributed by atoms with Gasteiger partial charge in [0.05, 0.1) is 10.2 Å². The van der Waals surface area contributed by atoms with Crippen LogP contribution in [0.15, 0.2) is 28.7 Å². The van der Waals surface area contributed by atoms with E-state index in [0.717, 1.165) is 28.8 Å². The van der Waals surface area contributed by atoms with Gasteiger partial charge in [-0.3, -0.25) is 0 Å². The average Bonchev–Trinajstić information content (AvgIpc) is 2.43. The maximum Gasteiger partial charge on any atom is 0.141 e.